The molecule has 0 atom stereocenters. The molecule has 2 rings (SSSR count). The van der Waals surface area contributed by atoms with Crippen LogP contribution in [-0.2, 0) is 6.54 Å². The van der Waals surface area contributed by atoms with Gasteiger partial charge in [0.25, 0.3) is 0 Å². The number of hydrogen-bond donors (Lipinski definition) is 1. The zero-order valence-electron chi connectivity index (χ0n) is 14.0. The second kappa shape index (κ2) is 6.70. The van der Waals surface area contributed by atoms with Crippen LogP contribution in [0.5, 0.6) is 0 Å². The SMILES string of the molecule is CC(C)CN(c1ccc(Br)cc1CNC(C)(C)C)C1CC1. The Morgan fingerprint density at radius 3 is 2.48 bits per heavy atom. The van der Waals surface area contributed by atoms with Gasteiger partial charge in [-0.15, -0.1) is 0 Å². The molecule has 118 valence electrons. The maximum atomic E-state index is 3.63. The van der Waals surface area contributed by atoms with Gasteiger partial charge in [-0.3, -0.25) is 0 Å². The van der Waals surface area contributed by atoms with Crippen molar-refractivity contribution in [3.8, 4) is 0 Å². The van der Waals surface area contributed by atoms with Crippen LogP contribution in [-0.4, -0.2) is 18.1 Å². The Kier molecular flexibility index (Phi) is 5.37. The van der Waals surface area contributed by atoms with Crippen molar-refractivity contribution in [2.45, 2.75) is 65.6 Å². The molecule has 1 aliphatic rings. The fourth-order valence-corrected chi connectivity index (χ4v) is 2.97. The molecule has 0 saturated heterocycles. The highest BCUT2D eigenvalue weighted by Gasteiger charge is 2.30. The summed E-state index contributed by atoms with van der Waals surface area (Å²) in [7, 11) is 0. The van der Waals surface area contributed by atoms with Crippen molar-refractivity contribution in [3.63, 3.8) is 0 Å². The van der Waals surface area contributed by atoms with Crippen LogP contribution in [0.1, 0.15) is 53.0 Å². The van der Waals surface area contributed by atoms with Gasteiger partial charge in [-0.2, -0.15) is 0 Å². The Morgan fingerprint density at radius 2 is 1.95 bits per heavy atom. The molecular weight excluding hydrogens is 324 g/mol. The van der Waals surface area contributed by atoms with E-state index in [4.69, 9.17) is 0 Å². The molecule has 2 nitrogen and oxygen atoms in total. The van der Waals surface area contributed by atoms with Gasteiger partial charge >= 0.3 is 0 Å². The number of rotatable bonds is 6. The molecule has 21 heavy (non-hydrogen) atoms. The molecule has 1 N–H and O–H groups in total. The predicted octanol–water partition coefficient (Wildman–Crippen LogP) is 4.96. The van der Waals surface area contributed by atoms with Gasteiger partial charge in [-0.1, -0.05) is 29.8 Å². The monoisotopic (exact) mass is 352 g/mol. The van der Waals surface area contributed by atoms with Gasteiger partial charge in [0.1, 0.15) is 0 Å². The third-order valence-corrected chi connectivity index (χ3v) is 4.20. The average Bonchev–Trinajstić information content (AvgIpc) is 3.17. The Morgan fingerprint density at radius 1 is 1.29 bits per heavy atom. The van der Waals surface area contributed by atoms with E-state index in [1.165, 1.54) is 24.1 Å². The lowest BCUT2D eigenvalue weighted by Gasteiger charge is -2.30. The van der Waals surface area contributed by atoms with Gasteiger partial charge < -0.3 is 10.2 Å². The van der Waals surface area contributed by atoms with Gasteiger partial charge in [0, 0.05) is 34.8 Å². The molecular formula is C18H29BrN2. The summed E-state index contributed by atoms with van der Waals surface area (Å²) in [5.41, 5.74) is 2.94. The average molecular weight is 353 g/mol. The van der Waals surface area contributed by atoms with Crippen LogP contribution in [0.15, 0.2) is 22.7 Å². The minimum atomic E-state index is 0.141. The Balaban J connectivity index is 2.23. The third kappa shape index (κ3) is 5.30. The zero-order valence-corrected chi connectivity index (χ0v) is 15.6. The van der Waals surface area contributed by atoms with Crippen molar-refractivity contribution in [1.29, 1.82) is 0 Å². The van der Waals surface area contributed by atoms with Crippen LogP contribution in [0, 0.1) is 5.92 Å². The van der Waals surface area contributed by atoms with Crippen LogP contribution >= 0.6 is 15.9 Å². The highest BCUT2D eigenvalue weighted by molar-refractivity contribution is 9.10. The molecule has 1 aromatic rings. The van der Waals surface area contributed by atoms with Crippen LogP contribution in [0.3, 0.4) is 0 Å². The first-order valence-corrected chi connectivity index (χ1v) is 8.85. The number of anilines is 1. The zero-order chi connectivity index (χ0) is 15.6. The highest BCUT2D eigenvalue weighted by Crippen LogP contribution is 2.35. The quantitative estimate of drug-likeness (QED) is 0.777. The normalized spacial score (nSPS) is 15.6. The van der Waals surface area contributed by atoms with Crippen molar-refractivity contribution >= 4 is 21.6 Å². The maximum absolute atomic E-state index is 3.63. The number of hydrogen-bond acceptors (Lipinski definition) is 2. The van der Waals surface area contributed by atoms with E-state index in [1.807, 2.05) is 0 Å². The van der Waals surface area contributed by atoms with E-state index in [2.05, 4.69) is 79.0 Å². The second-order valence-corrected chi connectivity index (χ2v) is 8.57. The number of nitrogens with one attached hydrogen (secondary N) is 1. The van der Waals surface area contributed by atoms with Gasteiger partial charge in [0.15, 0.2) is 0 Å². The van der Waals surface area contributed by atoms with Crippen molar-refractivity contribution in [3.05, 3.63) is 28.2 Å². The van der Waals surface area contributed by atoms with E-state index in [1.54, 1.807) is 0 Å². The summed E-state index contributed by atoms with van der Waals surface area (Å²) in [6.07, 6.45) is 2.68. The summed E-state index contributed by atoms with van der Waals surface area (Å²) in [6, 6.07) is 7.47. The molecule has 3 heteroatoms. The smallest absolute Gasteiger partial charge is 0.0415 e. The van der Waals surface area contributed by atoms with Crippen LogP contribution in [0.2, 0.25) is 0 Å². The predicted molar refractivity (Wildman–Crippen MR) is 95.9 cm³/mol. The lowest BCUT2D eigenvalue weighted by atomic mass is 10.1. The van der Waals surface area contributed by atoms with E-state index >= 15 is 0 Å². The summed E-state index contributed by atoms with van der Waals surface area (Å²) in [4.78, 5) is 2.62. The fourth-order valence-electron chi connectivity index (χ4n) is 2.56. The van der Waals surface area contributed by atoms with Crippen molar-refractivity contribution in [2.75, 3.05) is 11.4 Å². The van der Waals surface area contributed by atoms with E-state index in [0.717, 1.165) is 23.6 Å². The van der Waals surface area contributed by atoms with Crippen LogP contribution in [0.25, 0.3) is 0 Å². The standard InChI is InChI=1S/C18H29BrN2/c1-13(2)12-21(16-7-8-16)17-9-6-15(19)10-14(17)11-20-18(3,4)5/h6,9-10,13,16,20H,7-8,11-12H2,1-5H3. The second-order valence-electron chi connectivity index (χ2n) is 7.65. The molecule has 1 aliphatic carbocycles. The Hall–Kier alpha value is -0.540. The molecule has 0 aromatic heterocycles. The largest absolute Gasteiger partial charge is 0.368 e. The van der Waals surface area contributed by atoms with Gasteiger partial charge in [0.05, 0.1) is 0 Å². The minimum Gasteiger partial charge on any atom is -0.368 e. The molecule has 0 unspecified atom stereocenters. The van der Waals surface area contributed by atoms with Crippen LogP contribution in [0.4, 0.5) is 5.69 Å². The Bertz CT molecular complexity index is 473. The fraction of sp³-hybridized carbons (Fsp3) is 0.667. The lowest BCUT2D eigenvalue weighted by Crippen LogP contribution is -2.36. The van der Waals surface area contributed by atoms with Gasteiger partial charge in [0.2, 0.25) is 0 Å². The summed E-state index contributed by atoms with van der Waals surface area (Å²) >= 11 is 3.62. The third-order valence-electron chi connectivity index (χ3n) is 3.71. The molecule has 1 aromatic carbocycles. The summed E-state index contributed by atoms with van der Waals surface area (Å²) in [5, 5.41) is 3.63. The number of halogens is 1. The van der Waals surface area contributed by atoms with Crippen molar-refractivity contribution in [1.82, 2.24) is 5.32 Å². The van der Waals surface area contributed by atoms with Gasteiger partial charge in [-0.25, -0.2) is 0 Å². The van der Waals surface area contributed by atoms with E-state index in [9.17, 15) is 0 Å². The Labute approximate surface area is 138 Å². The molecule has 1 fully saturated rings. The first kappa shape index (κ1) is 16.8. The van der Waals surface area contributed by atoms with E-state index in [-0.39, 0.29) is 5.54 Å². The molecule has 0 spiro atoms. The highest BCUT2D eigenvalue weighted by atomic mass is 79.9. The molecule has 0 heterocycles. The first-order valence-electron chi connectivity index (χ1n) is 8.06. The van der Waals surface area contributed by atoms with Crippen LogP contribution < -0.4 is 10.2 Å². The van der Waals surface area contributed by atoms with Gasteiger partial charge in [-0.05, 0) is 63.3 Å². The number of nitrogens with zero attached hydrogens (tertiary/aromatic N) is 1. The molecule has 1 saturated carbocycles. The molecule has 0 amide bonds. The molecule has 0 radical (unpaired) electrons. The molecule has 0 aliphatic heterocycles. The minimum absolute atomic E-state index is 0.141. The summed E-state index contributed by atoms with van der Waals surface area (Å²) < 4.78 is 1.16. The number of benzene rings is 1. The summed E-state index contributed by atoms with van der Waals surface area (Å²) in [5.74, 6) is 0.692. The summed E-state index contributed by atoms with van der Waals surface area (Å²) in [6.45, 7) is 13.3. The first-order chi connectivity index (χ1) is 9.76. The van der Waals surface area contributed by atoms with Crippen molar-refractivity contribution < 1.29 is 0 Å². The maximum Gasteiger partial charge on any atom is 0.0415 e. The topological polar surface area (TPSA) is 15.3 Å². The van der Waals surface area contributed by atoms with E-state index < -0.39 is 0 Å². The van der Waals surface area contributed by atoms with Crippen molar-refractivity contribution in [2.24, 2.45) is 5.92 Å². The lowest BCUT2D eigenvalue weighted by molar-refractivity contribution is 0.424. The van der Waals surface area contributed by atoms with E-state index in [0.29, 0.717) is 5.92 Å². The molecule has 0 bridgehead atoms.